The van der Waals surface area contributed by atoms with Crippen molar-refractivity contribution in [2.75, 3.05) is 13.7 Å². The van der Waals surface area contributed by atoms with Gasteiger partial charge in [-0.3, -0.25) is 19.8 Å². The van der Waals surface area contributed by atoms with Crippen LogP contribution in [0, 0.1) is 12.8 Å². The van der Waals surface area contributed by atoms with E-state index in [9.17, 15) is 19.2 Å². The van der Waals surface area contributed by atoms with Gasteiger partial charge in [-0.25, -0.2) is 4.79 Å². The first kappa shape index (κ1) is 21.6. The van der Waals surface area contributed by atoms with Gasteiger partial charge in [0.25, 0.3) is 11.8 Å². The summed E-state index contributed by atoms with van der Waals surface area (Å²) in [6.07, 6.45) is 2.67. The van der Waals surface area contributed by atoms with Gasteiger partial charge in [0.15, 0.2) is 6.61 Å². The van der Waals surface area contributed by atoms with E-state index in [2.05, 4.69) is 17.7 Å². The maximum atomic E-state index is 12.7. The first-order valence-corrected chi connectivity index (χ1v) is 9.99. The highest BCUT2D eigenvalue weighted by atomic mass is 16.5. The van der Waals surface area contributed by atoms with E-state index in [0.29, 0.717) is 35.1 Å². The number of ether oxygens (including phenoxy) is 2. The van der Waals surface area contributed by atoms with Gasteiger partial charge in [-0.1, -0.05) is 24.6 Å². The zero-order valence-electron chi connectivity index (χ0n) is 17.4. The Bertz CT molecular complexity index is 860. The summed E-state index contributed by atoms with van der Waals surface area (Å²) < 4.78 is 10.2. The minimum absolute atomic E-state index is 0.0669. The van der Waals surface area contributed by atoms with E-state index in [4.69, 9.17) is 9.47 Å². The highest BCUT2D eigenvalue weighted by molar-refractivity contribution is 6.08. The van der Waals surface area contributed by atoms with Gasteiger partial charge in [0.2, 0.25) is 0 Å². The van der Waals surface area contributed by atoms with E-state index in [1.54, 1.807) is 12.1 Å². The maximum absolute atomic E-state index is 12.7. The van der Waals surface area contributed by atoms with Crippen LogP contribution in [-0.2, 0) is 25.5 Å². The number of benzene rings is 1. The molecule has 2 N–H and O–H groups in total. The Hall–Kier alpha value is -3.10. The van der Waals surface area contributed by atoms with Crippen molar-refractivity contribution in [3.8, 4) is 5.75 Å². The third-order valence-corrected chi connectivity index (χ3v) is 5.66. The lowest BCUT2D eigenvalue weighted by Gasteiger charge is -2.33. The normalized spacial score (nSPS) is 23.3. The molecule has 2 aliphatic rings. The largest absolute Gasteiger partial charge is 0.496 e. The SMILES string of the molecule is COc1ccc(C)cc1CC(=O)OCC(=O)NN1C(=O)NC2(CCC(C)CC2)C1=O. The van der Waals surface area contributed by atoms with Crippen LogP contribution in [-0.4, -0.2) is 48.1 Å². The molecular formula is C21H27N3O6. The molecule has 1 aliphatic carbocycles. The molecule has 1 aromatic rings. The van der Waals surface area contributed by atoms with Crippen molar-refractivity contribution in [2.45, 2.75) is 51.5 Å². The lowest BCUT2D eigenvalue weighted by atomic mass is 9.77. The number of hydrogen-bond acceptors (Lipinski definition) is 6. The molecule has 9 nitrogen and oxygen atoms in total. The van der Waals surface area contributed by atoms with Crippen molar-refractivity contribution in [2.24, 2.45) is 5.92 Å². The number of esters is 1. The summed E-state index contributed by atoms with van der Waals surface area (Å²) in [7, 11) is 1.50. The number of methoxy groups -OCH3 is 1. The summed E-state index contributed by atoms with van der Waals surface area (Å²) >= 11 is 0. The minimum Gasteiger partial charge on any atom is -0.496 e. The quantitative estimate of drug-likeness (QED) is 0.537. The number of nitrogens with zero attached hydrogens (tertiary/aromatic N) is 1. The molecule has 1 spiro atoms. The Balaban J connectivity index is 1.52. The van der Waals surface area contributed by atoms with Crippen molar-refractivity contribution in [3.63, 3.8) is 0 Å². The van der Waals surface area contributed by atoms with Crippen molar-refractivity contribution in [3.05, 3.63) is 29.3 Å². The van der Waals surface area contributed by atoms with Crippen LogP contribution >= 0.6 is 0 Å². The molecular weight excluding hydrogens is 390 g/mol. The van der Waals surface area contributed by atoms with Crippen LogP contribution in [0.15, 0.2) is 18.2 Å². The van der Waals surface area contributed by atoms with Gasteiger partial charge in [-0.2, -0.15) is 5.01 Å². The fourth-order valence-electron chi connectivity index (χ4n) is 3.87. The Morgan fingerprint density at radius 1 is 1.27 bits per heavy atom. The standard InChI is InChI=1S/C21H27N3O6/c1-13-6-8-21(9-7-13)19(27)24(20(28)22-21)23-17(25)12-30-18(26)11-15-10-14(2)4-5-16(15)29-3/h4-5,10,13H,6-9,11-12H2,1-3H3,(H,22,28)(H,23,25). The lowest BCUT2D eigenvalue weighted by molar-refractivity contribution is -0.150. The smallest absolute Gasteiger partial charge is 0.344 e. The predicted molar refractivity (Wildman–Crippen MR) is 106 cm³/mol. The number of rotatable bonds is 6. The van der Waals surface area contributed by atoms with Crippen LogP contribution in [0.2, 0.25) is 0 Å². The summed E-state index contributed by atoms with van der Waals surface area (Å²) in [4.78, 5) is 49.2. The van der Waals surface area contributed by atoms with Crippen molar-refractivity contribution >= 4 is 23.8 Å². The highest BCUT2D eigenvalue weighted by Crippen LogP contribution is 2.35. The van der Waals surface area contributed by atoms with Gasteiger partial charge < -0.3 is 14.8 Å². The van der Waals surface area contributed by atoms with Crippen LogP contribution in [0.25, 0.3) is 0 Å². The summed E-state index contributed by atoms with van der Waals surface area (Å²) in [6, 6.07) is 4.75. The lowest BCUT2D eigenvalue weighted by Crippen LogP contribution is -2.52. The molecule has 2 fully saturated rings. The first-order valence-electron chi connectivity index (χ1n) is 9.99. The Labute approximate surface area is 175 Å². The number of hydrogen-bond donors (Lipinski definition) is 2. The number of hydrazine groups is 1. The van der Waals surface area contributed by atoms with E-state index >= 15 is 0 Å². The molecule has 4 amide bonds. The van der Waals surface area contributed by atoms with E-state index < -0.39 is 36.0 Å². The minimum atomic E-state index is -0.949. The third kappa shape index (κ3) is 4.55. The first-order chi connectivity index (χ1) is 14.2. The van der Waals surface area contributed by atoms with Gasteiger partial charge in [-0.05, 0) is 44.6 Å². The third-order valence-electron chi connectivity index (χ3n) is 5.66. The molecule has 162 valence electrons. The highest BCUT2D eigenvalue weighted by Gasteiger charge is 2.52. The summed E-state index contributed by atoms with van der Waals surface area (Å²) in [5.41, 5.74) is 2.90. The Morgan fingerprint density at radius 2 is 1.97 bits per heavy atom. The van der Waals surface area contributed by atoms with E-state index in [0.717, 1.165) is 18.4 Å². The molecule has 0 radical (unpaired) electrons. The molecule has 30 heavy (non-hydrogen) atoms. The molecule has 1 aliphatic heterocycles. The average Bonchev–Trinajstić information content (AvgIpc) is 2.93. The van der Waals surface area contributed by atoms with Gasteiger partial charge in [0, 0.05) is 5.56 Å². The zero-order valence-corrected chi connectivity index (χ0v) is 17.4. The van der Waals surface area contributed by atoms with Crippen LogP contribution in [0.4, 0.5) is 4.79 Å². The number of imide groups is 1. The van der Waals surface area contributed by atoms with Crippen molar-refractivity contribution in [1.82, 2.24) is 15.8 Å². The number of urea groups is 1. The van der Waals surface area contributed by atoms with E-state index in [1.807, 2.05) is 13.0 Å². The number of carbonyl (C=O) groups is 4. The molecule has 0 unspecified atom stereocenters. The molecule has 0 bridgehead atoms. The van der Waals surface area contributed by atoms with E-state index in [1.165, 1.54) is 7.11 Å². The Kier molecular flexibility index (Phi) is 6.28. The molecule has 1 saturated carbocycles. The average molecular weight is 417 g/mol. The molecule has 0 aromatic heterocycles. The molecule has 1 heterocycles. The topological polar surface area (TPSA) is 114 Å². The number of nitrogens with one attached hydrogen (secondary N) is 2. The monoisotopic (exact) mass is 417 g/mol. The summed E-state index contributed by atoms with van der Waals surface area (Å²) in [5, 5.41) is 3.40. The van der Waals surface area contributed by atoms with Crippen molar-refractivity contribution < 1.29 is 28.7 Å². The van der Waals surface area contributed by atoms with Gasteiger partial charge in [0.1, 0.15) is 11.3 Å². The second-order valence-corrected chi connectivity index (χ2v) is 8.02. The number of aryl methyl sites for hydroxylation is 1. The Morgan fingerprint density at radius 3 is 2.63 bits per heavy atom. The van der Waals surface area contributed by atoms with Crippen LogP contribution in [0.5, 0.6) is 5.75 Å². The number of carbonyl (C=O) groups excluding carboxylic acids is 4. The number of amides is 4. The van der Waals surface area contributed by atoms with Gasteiger partial charge >= 0.3 is 12.0 Å². The summed E-state index contributed by atoms with van der Waals surface area (Å²) in [6.45, 7) is 3.39. The van der Waals surface area contributed by atoms with Crippen LogP contribution in [0.3, 0.4) is 0 Å². The maximum Gasteiger partial charge on any atom is 0.344 e. The van der Waals surface area contributed by atoms with Crippen molar-refractivity contribution in [1.29, 1.82) is 0 Å². The van der Waals surface area contributed by atoms with Gasteiger partial charge in [0.05, 0.1) is 13.5 Å². The zero-order chi connectivity index (χ0) is 21.9. The van der Waals surface area contributed by atoms with Crippen LogP contribution < -0.4 is 15.5 Å². The molecule has 1 aromatic carbocycles. The second-order valence-electron chi connectivity index (χ2n) is 8.02. The molecule has 1 saturated heterocycles. The molecule has 0 atom stereocenters. The van der Waals surface area contributed by atoms with Crippen LogP contribution in [0.1, 0.15) is 43.7 Å². The summed E-state index contributed by atoms with van der Waals surface area (Å²) in [5.74, 6) is -0.805. The fraction of sp³-hybridized carbons (Fsp3) is 0.524. The second kappa shape index (κ2) is 8.73. The van der Waals surface area contributed by atoms with Gasteiger partial charge in [-0.15, -0.1) is 0 Å². The van der Waals surface area contributed by atoms with E-state index in [-0.39, 0.29) is 6.42 Å². The molecule has 3 rings (SSSR count). The predicted octanol–water partition coefficient (Wildman–Crippen LogP) is 1.62. The molecule has 9 heteroatoms. The fourth-order valence-corrected chi connectivity index (χ4v) is 3.87.